The summed E-state index contributed by atoms with van der Waals surface area (Å²) in [6.45, 7) is 6.81. The molecule has 3 nitrogen and oxygen atoms in total. The third kappa shape index (κ3) is 4.11. The molecular weight excluding hydrogens is 295 g/mol. The Balaban J connectivity index is 1.94. The van der Waals surface area contributed by atoms with E-state index in [0.717, 1.165) is 13.1 Å². The molecule has 1 amide bonds. The van der Waals surface area contributed by atoms with E-state index in [9.17, 15) is 4.79 Å². The number of anilines is 1. The van der Waals surface area contributed by atoms with Gasteiger partial charge in [0.05, 0.1) is 22.3 Å². The van der Waals surface area contributed by atoms with Crippen molar-refractivity contribution in [2.75, 3.05) is 25.0 Å². The van der Waals surface area contributed by atoms with Crippen molar-refractivity contribution in [3.05, 3.63) is 28.2 Å². The zero-order chi connectivity index (χ0) is 14.7. The monoisotopic (exact) mass is 314 g/mol. The molecule has 0 saturated carbocycles. The van der Waals surface area contributed by atoms with E-state index in [1.165, 1.54) is 6.42 Å². The predicted octanol–water partition coefficient (Wildman–Crippen LogP) is 3.91. The molecule has 0 aliphatic carbocycles. The summed E-state index contributed by atoms with van der Waals surface area (Å²) >= 11 is 12.0. The molecule has 0 bridgehead atoms. The van der Waals surface area contributed by atoms with Gasteiger partial charge in [0.15, 0.2) is 0 Å². The van der Waals surface area contributed by atoms with Crippen LogP contribution in [0, 0.1) is 11.8 Å². The summed E-state index contributed by atoms with van der Waals surface area (Å²) in [6, 6.07) is 5.23. The third-order valence-corrected chi connectivity index (χ3v) is 4.36. The summed E-state index contributed by atoms with van der Waals surface area (Å²) in [6.07, 6.45) is 1.23. The smallest absolute Gasteiger partial charge is 0.238 e. The van der Waals surface area contributed by atoms with Crippen LogP contribution in [0.15, 0.2) is 18.2 Å². The van der Waals surface area contributed by atoms with Crippen molar-refractivity contribution in [3.8, 4) is 0 Å². The summed E-state index contributed by atoms with van der Waals surface area (Å²) in [5.74, 6) is 1.23. The SMILES string of the molecule is C[C@@H]1C[C@@H](C)CN(CC(=O)Nc2cccc(Cl)c2Cl)C1. The number of hydrogen-bond acceptors (Lipinski definition) is 2. The van der Waals surface area contributed by atoms with Gasteiger partial charge in [-0.1, -0.05) is 43.1 Å². The van der Waals surface area contributed by atoms with Crippen LogP contribution in [0.2, 0.25) is 10.0 Å². The summed E-state index contributed by atoms with van der Waals surface area (Å²) in [5, 5.41) is 3.67. The topological polar surface area (TPSA) is 32.3 Å². The zero-order valence-electron chi connectivity index (χ0n) is 11.8. The number of benzene rings is 1. The van der Waals surface area contributed by atoms with Crippen molar-refractivity contribution in [2.45, 2.75) is 20.3 Å². The Labute approximate surface area is 130 Å². The van der Waals surface area contributed by atoms with E-state index in [1.54, 1.807) is 18.2 Å². The quantitative estimate of drug-likeness (QED) is 0.917. The maximum absolute atomic E-state index is 12.1. The van der Waals surface area contributed by atoms with Crippen LogP contribution in [-0.4, -0.2) is 30.4 Å². The van der Waals surface area contributed by atoms with Gasteiger partial charge in [-0.25, -0.2) is 0 Å². The normalized spacial score (nSPS) is 23.6. The van der Waals surface area contributed by atoms with Crippen LogP contribution < -0.4 is 5.32 Å². The Morgan fingerprint density at radius 2 is 1.95 bits per heavy atom. The average molecular weight is 315 g/mol. The van der Waals surface area contributed by atoms with Crippen molar-refractivity contribution in [1.29, 1.82) is 0 Å². The van der Waals surface area contributed by atoms with Gasteiger partial charge in [0.2, 0.25) is 5.91 Å². The molecule has 1 N–H and O–H groups in total. The number of carbonyl (C=O) groups is 1. The highest BCUT2D eigenvalue weighted by molar-refractivity contribution is 6.43. The number of likely N-dealkylation sites (tertiary alicyclic amines) is 1. The second kappa shape index (κ2) is 6.79. The summed E-state index contributed by atoms with van der Waals surface area (Å²) in [4.78, 5) is 14.3. The summed E-state index contributed by atoms with van der Waals surface area (Å²) < 4.78 is 0. The van der Waals surface area contributed by atoms with Crippen LogP contribution in [0.1, 0.15) is 20.3 Å². The second-order valence-electron chi connectivity index (χ2n) is 5.79. The van der Waals surface area contributed by atoms with Gasteiger partial charge in [0.1, 0.15) is 0 Å². The number of rotatable bonds is 3. The molecule has 0 unspecified atom stereocenters. The minimum atomic E-state index is -0.0459. The molecule has 2 atom stereocenters. The lowest BCUT2D eigenvalue weighted by molar-refractivity contribution is -0.117. The van der Waals surface area contributed by atoms with Gasteiger partial charge < -0.3 is 5.32 Å². The van der Waals surface area contributed by atoms with Gasteiger partial charge in [-0.15, -0.1) is 0 Å². The molecule has 2 rings (SSSR count). The van der Waals surface area contributed by atoms with Gasteiger partial charge in [-0.2, -0.15) is 0 Å². The molecule has 20 heavy (non-hydrogen) atoms. The Hall–Kier alpha value is -0.770. The molecule has 1 fully saturated rings. The first-order valence-electron chi connectivity index (χ1n) is 6.92. The zero-order valence-corrected chi connectivity index (χ0v) is 13.3. The lowest BCUT2D eigenvalue weighted by atomic mass is 9.92. The Morgan fingerprint density at radius 3 is 2.60 bits per heavy atom. The molecule has 1 aliphatic rings. The van der Waals surface area contributed by atoms with E-state index in [-0.39, 0.29) is 5.91 Å². The maximum atomic E-state index is 12.1. The molecular formula is C15H20Cl2N2O. The number of nitrogens with one attached hydrogen (secondary N) is 1. The van der Waals surface area contributed by atoms with E-state index in [2.05, 4.69) is 24.1 Å². The molecule has 1 aromatic carbocycles. The van der Waals surface area contributed by atoms with Gasteiger partial charge >= 0.3 is 0 Å². The van der Waals surface area contributed by atoms with Gasteiger partial charge in [0.25, 0.3) is 0 Å². The van der Waals surface area contributed by atoms with Crippen LogP contribution in [0.3, 0.4) is 0 Å². The average Bonchev–Trinajstić information content (AvgIpc) is 2.33. The van der Waals surface area contributed by atoms with Gasteiger partial charge in [-0.3, -0.25) is 9.69 Å². The number of piperidine rings is 1. The Morgan fingerprint density at radius 1 is 1.30 bits per heavy atom. The number of amides is 1. The fraction of sp³-hybridized carbons (Fsp3) is 0.533. The molecule has 1 heterocycles. The van der Waals surface area contributed by atoms with Crippen molar-refractivity contribution < 1.29 is 4.79 Å². The number of carbonyl (C=O) groups excluding carboxylic acids is 1. The lowest BCUT2D eigenvalue weighted by Crippen LogP contribution is -2.42. The third-order valence-electron chi connectivity index (χ3n) is 3.54. The first-order valence-corrected chi connectivity index (χ1v) is 7.67. The number of nitrogens with zero attached hydrogens (tertiary/aromatic N) is 1. The fourth-order valence-electron chi connectivity index (χ4n) is 2.91. The minimum absolute atomic E-state index is 0.0459. The second-order valence-corrected chi connectivity index (χ2v) is 6.57. The van der Waals surface area contributed by atoms with E-state index < -0.39 is 0 Å². The van der Waals surface area contributed by atoms with Crippen molar-refractivity contribution in [2.24, 2.45) is 11.8 Å². The Bertz CT molecular complexity index is 483. The molecule has 5 heteroatoms. The highest BCUT2D eigenvalue weighted by Crippen LogP contribution is 2.29. The van der Waals surface area contributed by atoms with E-state index in [0.29, 0.717) is 34.1 Å². The van der Waals surface area contributed by atoms with Crippen LogP contribution in [0.4, 0.5) is 5.69 Å². The minimum Gasteiger partial charge on any atom is -0.324 e. The van der Waals surface area contributed by atoms with E-state index in [4.69, 9.17) is 23.2 Å². The van der Waals surface area contributed by atoms with Crippen LogP contribution in [0.5, 0.6) is 0 Å². The van der Waals surface area contributed by atoms with Gasteiger partial charge in [-0.05, 0) is 30.4 Å². The lowest BCUT2D eigenvalue weighted by Gasteiger charge is -2.34. The van der Waals surface area contributed by atoms with E-state index in [1.807, 2.05) is 0 Å². The van der Waals surface area contributed by atoms with Crippen LogP contribution in [0.25, 0.3) is 0 Å². The van der Waals surface area contributed by atoms with Crippen LogP contribution in [-0.2, 0) is 4.79 Å². The first kappa shape index (κ1) is 15.6. The van der Waals surface area contributed by atoms with E-state index >= 15 is 0 Å². The first-order chi connectivity index (χ1) is 9.45. The maximum Gasteiger partial charge on any atom is 0.238 e. The van der Waals surface area contributed by atoms with Crippen molar-refractivity contribution >= 4 is 34.8 Å². The standard InChI is InChI=1S/C15H20Cl2N2O/c1-10-6-11(2)8-19(7-10)9-14(20)18-13-5-3-4-12(16)15(13)17/h3-5,10-11H,6-9H2,1-2H3,(H,18,20)/t10-,11-/m1/s1. The molecule has 1 aromatic rings. The van der Waals surface area contributed by atoms with Gasteiger partial charge in [0, 0.05) is 13.1 Å². The fourth-order valence-corrected chi connectivity index (χ4v) is 3.26. The van der Waals surface area contributed by atoms with Crippen LogP contribution >= 0.6 is 23.2 Å². The number of halogens is 2. The number of hydrogen-bond donors (Lipinski definition) is 1. The largest absolute Gasteiger partial charge is 0.324 e. The Kier molecular flexibility index (Phi) is 5.30. The predicted molar refractivity (Wildman–Crippen MR) is 84.5 cm³/mol. The summed E-state index contributed by atoms with van der Waals surface area (Å²) in [7, 11) is 0. The van der Waals surface area contributed by atoms with Crippen molar-refractivity contribution in [3.63, 3.8) is 0 Å². The molecule has 110 valence electrons. The molecule has 1 aliphatic heterocycles. The molecule has 0 aromatic heterocycles. The molecule has 1 saturated heterocycles. The highest BCUT2D eigenvalue weighted by Gasteiger charge is 2.23. The highest BCUT2D eigenvalue weighted by atomic mass is 35.5. The molecule has 0 spiro atoms. The summed E-state index contributed by atoms with van der Waals surface area (Å²) in [5.41, 5.74) is 0.572. The molecule has 0 radical (unpaired) electrons. The van der Waals surface area contributed by atoms with Crippen molar-refractivity contribution in [1.82, 2.24) is 4.90 Å².